The fraction of sp³-hybridized carbons (Fsp3) is 0.333. The summed E-state index contributed by atoms with van der Waals surface area (Å²) in [4.78, 5) is 0. The van der Waals surface area contributed by atoms with Gasteiger partial charge >= 0.3 is 0 Å². The molecule has 3 aromatic carbocycles. The van der Waals surface area contributed by atoms with Gasteiger partial charge in [-0.25, -0.2) is 13.2 Å². The Bertz CT molecular complexity index is 1140. The molecule has 0 aromatic heterocycles. The van der Waals surface area contributed by atoms with Crippen molar-refractivity contribution in [2.75, 3.05) is 6.61 Å². The van der Waals surface area contributed by atoms with Crippen LogP contribution >= 0.6 is 0 Å². The molecule has 1 heterocycles. The number of hydrogen-bond donors (Lipinski definition) is 0. The lowest BCUT2D eigenvalue weighted by Crippen LogP contribution is -2.20. The fourth-order valence-corrected chi connectivity index (χ4v) is 4.68. The van der Waals surface area contributed by atoms with Gasteiger partial charge in [-0.2, -0.15) is 0 Å². The number of rotatable bonds is 7. The van der Waals surface area contributed by atoms with Crippen LogP contribution in [0.25, 0.3) is 22.3 Å². The van der Waals surface area contributed by atoms with Crippen molar-refractivity contribution >= 4 is 0 Å². The van der Waals surface area contributed by atoms with Crippen LogP contribution in [0.2, 0.25) is 0 Å². The van der Waals surface area contributed by atoms with Crippen molar-refractivity contribution in [3.63, 3.8) is 0 Å². The third kappa shape index (κ3) is 5.28. The van der Waals surface area contributed by atoms with E-state index in [2.05, 4.69) is 12.2 Å². The summed E-state index contributed by atoms with van der Waals surface area (Å²) >= 11 is 0. The van der Waals surface area contributed by atoms with E-state index >= 15 is 4.39 Å². The Labute approximate surface area is 200 Å². The molecular weight excluding hydrogens is 433 g/mol. The molecule has 0 saturated carbocycles. The molecule has 0 aliphatic carbocycles. The van der Waals surface area contributed by atoms with Gasteiger partial charge in [0.1, 0.15) is 5.82 Å². The van der Waals surface area contributed by atoms with E-state index in [4.69, 9.17) is 4.74 Å². The molecule has 34 heavy (non-hydrogen) atoms. The van der Waals surface area contributed by atoms with E-state index < -0.39 is 11.6 Å². The molecule has 0 amide bonds. The van der Waals surface area contributed by atoms with Gasteiger partial charge in [0.15, 0.2) is 11.6 Å². The Morgan fingerprint density at radius 2 is 1.59 bits per heavy atom. The number of aryl methyl sites for hydroxylation is 1. The molecule has 2 unspecified atom stereocenters. The van der Waals surface area contributed by atoms with Crippen molar-refractivity contribution in [2.45, 2.75) is 52.1 Å². The summed E-state index contributed by atoms with van der Waals surface area (Å²) in [5.74, 6) is -1.40. The van der Waals surface area contributed by atoms with Gasteiger partial charge in [0, 0.05) is 11.1 Å². The van der Waals surface area contributed by atoms with E-state index in [1.165, 1.54) is 0 Å². The average Bonchev–Trinajstić information content (AvgIpc) is 2.86. The second-order valence-electron chi connectivity index (χ2n) is 8.98. The molecule has 4 rings (SSSR count). The van der Waals surface area contributed by atoms with E-state index in [1.54, 1.807) is 55.5 Å². The summed E-state index contributed by atoms with van der Waals surface area (Å²) in [6.07, 6.45) is 8.79. The quantitative estimate of drug-likeness (QED) is 0.317. The molecule has 1 nitrogen and oxygen atoms in total. The second-order valence-corrected chi connectivity index (χ2v) is 8.98. The molecule has 2 atom stereocenters. The van der Waals surface area contributed by atoms with Crippen molar-refractivity contribution < 1.29 is 17.9 Å². The Hall–Kier alpha value is -2.85. The van der Waals surface area contributed by atoms with Gasteiger partial charge in [-0.15, -0.1) is 0 Å². The largest absolute Gasteiger partial charge is 0.373 e. The molecule has 0 N–H and O–H groups in total. The Kier molecular flexibility index (Phi) is 7.89. The highest BCUT2D eigenvalue weighted by Gasteiger charge is 2.23. The first-order chi connectivity index (χ1) is 16.5. The van der Waals surface area contributed by atoms with E-state index in [0.717, 1.165) is 31.2 Å². The minimum absolute atomic E-state index is 0.0761. The highest BCUT2D eigenvalue weighted by Crippen LogP contribution is 2.35. The second kappa shape index (κ2) is 11.1. The number of ether oxygens (including phenoxy) is 1. The van der Waals surface area contributed by atoms with Crippen LogP contribution in [0.4, 0.5) is 13.2 Å². The van der Waals surface area contributed by atoms with E-state index in [0.29, 0.717) is 41.2 Å². The van der Waals surface area contributed by atoms with Crippen LogP contribution in [0, 0.1) is 23.4 Å². The lowest BCUT2D eigenvalue weighted by Gasteiger charge is -2.29. The van der Waals surface area contributed by atoms with Gasteiger partial charge in [-0.1, -0.05) is 67.6 Å². The van der Waals surface area contributed by atoms with Crippen molar-refractivity contribution in [3.05, 3.63) is 95.3 Å². The van der Waals surface area contributed by atoms with Gasteiger partial charge in [0.05, 0.1) is 12.7 Å². The minimum Gasteiger partial charge on any atom is -0.373 e. The van der Waals surface area contributed by atoms with Gasteiger partial charge < -0.3 is 4.74 Å². The maximum Gasteiger partial charge on any atom is 0.166 e. The number of benzene rings is 3. The lowest BCUT2D eigenvalue weighted by molar-refractivity contribution is -0.0191. The summed E-state index contributed by atoms with van der Waals surface area (Å²) in [5, 5.41) is 0. The van der Waals surface area contributed by atoms with Crippen LogP contribution in [-0.2, 0) is 11.2 Å². The highest BCUT2D eigenvalue weighted by molar-refractivity contribution is 5.71. The molecule has 1 aliphatic rings. The third-order valence-corrected chi connectivity index (χ3v) is 6.76. The lowest BCUT2D eigenvalue weighted by atomic mass is 9.90. The molecule has 0 bridgehead atoms. The molecule has 0 spiro atoms. The Balaban J connectivity index is 1.46. The van der Waals surface area contributed by atoms with E-state index in [1.807, 2.05) is 13.0 Å². The van der Waals surface area contributed by atoms with Gasteiger partial charge in [0.25, 0.3) is 0 Å². The molecular formula is C30H31F3O. The molecule has 3 aromatic rings. The summed E-state index contributed by atoms with van der Waals surface area (Å²) < 4.78 is 49.8. The van der Waals surface area contributed by atoms with Crippen LogP contribution in [0.5, 0.6) is 0 Å². The summed E-state index contributed by atoms with van der Waals surface area (Å²) in [6, 6.07) is 15.3. The normalized spacial score (nSPS) is 18.5. The topological polar surface area (TPSA) is 9.23 Å². The molecule has 0 radical (unpaired) electrons. The monoisotopic (exact) mass is 464 g/mol. The molecule has 1 aliphatic heterocycles. The van der Waals surface area contributed by atoms with Gasteiger partial charge in [-0.3, -0.25) is 0 Å². The minimum atomic E-state index is -0.848. The zero-order valence-corrected chi connectivity index (χ0v) is 19.8. The van der Waals surface area contributed by atoms with Crippen LogP contribution in [0.15, 0.2) is 66.7 Å². The number of halogens is 3. The van der Waals surface area contributed by atoms with Crippen LogP contribution in [0.3, 0.4) is 0 Å². The van der Waals surface area contributed by atoms with E-state index in [9.17, 15) is 8.78 Å². The van der Waals surface area contributed by atoms with Crippen molar-refractivity contribution in [3.8, 4) is 22.3 Å². The van der Waals surface area contributed by atoms with Crippen LogP contribution in [0.1, 0.15) is 56.8 Å². The summed E-state index contributed by atoms with van der Waals surface area (Å²) in [5.41, 5.74) is 3.13. The van der Waals surface area contributed by atoms with Gasteiger partial charge in [-0.05, 0) is 73.3 Å². The fourth-order valence-electron chi connectivity index (χ4n) is 4.68. The molecule has 4 heteroatoms. The maximum atomic E-state index is 15.0. The predicted octanol–water partition coefficient (Wildman–Crippen LogP) is 8.82. The average molecular weight is 465 g/mol. The zero-order valence-electron chi connectivity index (χ0n) is 19.8. The van der Waals surface area contributed by atoms with Crippen LogP contribution < -0.4 is 0 Å². The maximum absolute atomic E-state index is 15.0. The summed E-state index contributed by atoms with van der Waals surface area (Å²) in [7, 11) is 0. The number of hydrogen-bond acceptors (Lipinski definition) is 1. The first-order valence-electron chi connectivity index (χ1n) is 12.1. The predicted molar refractivity (Wildman–Crippen MR) is 132 cm³/mol. The first-order valence-corrected chi connectivity index (χ1v) is 12.1. The third-order valence-electron chi connectivity index (χ3n) is 6.76. The smallest absolute Gasteiger partial charge is 0.166 e. The SMILES string of the molecule is CC=CCCC1CCC(c2ccc(-c3ccc(-c4ccc(CC)c(F)c4F)cc3)c(F)c2)OC1. The zero-order chi connectivity index (χ0) is 24.1. The van der Waals surface area contributed by atoms with Gasteiger partial charge in [0.2, 0.25) is 0 Å². The van der Waals surface area contributed by atoms with Crippen LogP contribution in [-0.4, -0.2) is 6.61 Å². The number of allylic oxidation sites excluding steroid dienone is 2. The molecule has 178 valence electrons. The van der Waals surface area contributed by atoms with E-state index in [-0.39, 0.29) is 17.5 Å². The highest BCUT2D eigenvalue weighted by atomic mass is 19.2. The summed E-state index contributed by atoms with van der Waals surface area (Å²) in [6.45, 7) is 4.53. The Morgan fingerprint density at radius 3 is 2.21 bits per heavy atom. The van der Waals surface area contributed by atoms with Crippen molar-refractivity contribution in [1.29, 1.82) is 0 Å². The van der Waals surface area contributed by atoms with Crippen molar-refractivity contribution in [1.82, 2.24) is 0 Å². The molecule has 1 fully saturated rings. The Morgan fingerprint density at radius 1 is 0.882 bits per heavy atom. The molecule has 1 saturated heterocycles. The standard InChI is InChI=1S/C30H31F3O/c1-3-5-6-7-20-8-17-28(34-19-20)24-14-15-25(27(31)18-24)22-9-11-23(12-10-22)26-16-13-21(4-2)29(32)30(26)33/h3,5,9-16,18,20,28H,4,6-8,17,19H2,1-2H3. The first kappa shape index (κ1) is 24.3. The van der Waals surface area contributed by atoms with Crippen molar-refractivity contribution in [2.24, 2.45) is 5.92 Å².